The molecule has 14 heavy (non-hydrogen) atoms. The third-order valence-corrected chi connectivity index (χ3v) is 2.21. The Morgan fingerprint density at radius 1 is 1.21 bits per heavy atom. The SMILES string of the molecule is CCCCC=C(CCCCC)[N+](=O)[O-]. The first kappa shape index (κ1) is 13.1. The first-order chi connectivity index (χ1) is 6.72. The predicted octanol–water partition coefficient (Wildman–Crippen LogP) is 3.92. The summed E-state index contributed by atoms with van der Waals surface area (Å²) in [6.45, 7) is 4.20. The van der Waals surface area contributed by atoms with Crippen molar-refractivity contribution in [3.63, 3.8) is 0 Å². The van der Waals surface area contributed by atoms with E-state index in [1.165, 1.54) is 0 Å². The molecule has 0 unspecified atom stereocenters. The summed E-state index contributed by atoms with van der Waals surface area (Å²) in [6, 6.07) is 0. The van der Waals surface area contributed by atoms with Crippen molar-refractivity contribution in [1.82, 2.24) is 0 Å². The standard InChI is InChI=1S/C11H21NO2/c1-3-5-7-9-11(12(13)14)10-8-6-4-2/h9H,3-8,10H2,1-2H3. The molecule has 0 saturated heterocycles. The third-order valence-electron chi connectivity index (χ3n) is 2.21. The maximum atomic E-state index is 10.6. The van der Waals surface area contributed by atoms with Crippen LogP contribution in [0.4, 0.5) is 0 Å². The molecule has 0 heterocycles. The molecule has 0 spiro atoms. The second-order valence-electron chi connectivity index (χ2n) is 3.55. The van der Waals surface area contributed by atoms with E-state index in [0.29, 0.717) is 12.1 Å². The van der Waals surface area contributed by atoms with E-state index in [0.717, 1.165) is 38.5 Å². The number of hydrogen-bond donors (Lipinski definition) is 0. The number of nitro groups is 1. The van der Waals surface area contributed by atoms with Gasteiger partial charge >= 0.3 is 0 Å². The average molecular weight is 199 g/mol. The predicted molar refractivity (Wildman–Crippen MR) is 58.7 cm³/mol. The molecule has 0 atom stereocenters. The van der Waals surface area contributed by atoms with Crippen LogP contribution >= 0.6 is 0 Å². The molecule has 0 aromatic carbocycles. The Balaban J connectivity index is 3.88. The zero-order valence-corrected chi connectivity index (χ0v) is 9.29. The Morgan fingerprint density at radius 3 is 2.36 bits per heavy atom. The summed E-state index contributed by atoms with van der Waals surface area (Å²) in [5.41, 5.74) is 0.409. The first-order valence-corrected chi connectivity index (χ1v) is 5.55. The van der Waals surface area contributed by atoms with Crippen molar-refractivity contribution in [2.24, 2.45) is 0 Å². The maximum Gasteiger partial charge on any atom is 0.242 e. The Kier molecular flexibility index (Phi) is 8.19. The molecule has 0 N–H and O–H groups in total. The molecule has 0 rings (SSSR count). The molecule has 0 amide bonds. The van der Waals surface area contributed by atoms with Crippen molar-refractivity contribution in [3.05, 3.63) is 21.9 Å². The molecule has 0 radical (unpaired) electrons. The quantitative estimate of drug-likeness (QED) is 0.338. The summed E-state index contributed by atoms with van der Waals surface area (Å²) in [6.07, 6.45) is 8.54. The molecular weight excluding hydrogens is 178 g/mol. The van der Waals surface area contributed by atoms with Gasteiger partial charge in [0.2, 0.25) is 5.70 Å². The van der Waals surface area contributed by atoms with E-state index in [2.05, 4.69) is 13.8 Å². The molecule has 0 aliphatic heterocycles. The van der Waals surface area contributed by atoms with E-state index in [1.54, 1.807) is 6.08 Å². The van der Waals surface area contributed by atoms with Crippen LogP contribution in [-0.4, -0.2) is 4.92 Å². The van der Waals surface area contributed by atoms with Crippen molar-refractivity contribution in [1.29, 1.82) is 0 Å². The highest BCUT2D eigenvalue weighted by molar-refractivity contribution is 4.91. The Morgan fingerprint density at radius 2 is 1.86 bits per heavy atom. The summed E-state index contributed by atoms with van der Waals surface area (Å²) in [7, 11) is 0. The zero-order valence-electron chi connectivity index (χ0n) is 9.29. The fraction of sp³-hybridized carbons (Fsp3) is 0.818. The van der Waals surface area contributed by atoms with E-state index in [4.69, 9.17) is 0 Å². The van der Waals surface area contributed by atoms with Gasteiger partial charge in [-0.15, -0.1) is 0 Å². The molecule has 0 aromatic rings. The Labute approximate surface area is 86.4 Å². The van der Waals surface area contributed by atoms with Crippen LogP contribution in [0.25, 0.3) is 0 Å². The number of nitrogens with zero attached hydrogens (tertiary/aromatic N) is 1. The largest absolute Gasteiger partial charge is 0.259 e. The lowest BCUT2D eigenvalue weighted by Crippen LogP contribution is -1.98. The molecule has 3 heteroatoms. The van der Waals surface area contributed by atoms with Crippen LogP contribution in [0.3, 0.4) is 0 Å². The highest BCUT2D eigenvalue weighted by atomic mass is 16.6. The van der Waals surface area contributed by atoms with Crippen LogP contribution in [0.15, 0.2) is 11.8 Å². The zero-order chi connectivity index (χ0) is 10.8. The van der Waals surface area contributed by atoms with Crippen molar-refractivity contribution in [2.75, 3.05) is 0 Å². The van der Waals surface area contributed by atoms with Gasteiger partial charge in [-0.1, -0.05) is 33.1 Å². The van der Waals surface area contributed by atoms with Gasteiger partial charge in [-0.3, -0.25) is 10.1 Å². The van der Waals surface area contributed by atoms with Crippen LogP contribution in [-0.2, 0) is 0 Å². The van der Waals surface area contributed by atoms with Gasteiger partial charge < -0.3 is 0 Å². The Bertz CT molecular complexity index is 188. The van der Waals surface area contributed by atoms with E-state index in [-0.39, 0.29) is 4.92 Å². The van der Waals surface area contributed by atoms with Crippen molar-refractivity contribution in [3.8, 4) is 0 Å². The van der Waals surface area contributed by atoms with E-state index < -0.39 is 0 Å². The molecule has 0 aliphatic carbocycles. The van der Waals surface area contributed by atoms with Gasteiger partial charge in [0, 0.05) is 6.42 Å². The normalized spacial score (nSPS) is 11.7. The highest BCUT2D eigenvalue weighted by Crippen LogP contribution is 2.11. The minimum Gasteiger partial charge on any atom is -0.259 e. The van der Waals surface area contributed by atoms with Gasteiger partial charge in [0.1, 0.15) is 0 Å². The van der Waals surface area contributed by atoms with Crippen LogP contribution < -0.4 is 0 Å². The van der Waals surface area contributed by atoms with Gasteiger partial charge in [-0.05, 0) is 25.3 Å². The summed E-state index contributed by atoms with van der Waals surface area (Å²) in [5.74, 6) is 0. The molecule has 0 aliphatic rings. The van der Waals surface area contributed by atoms with Crippen molar-refractivity contribution >= 4 is 0 Å². The van der Waals surface area contributed by atoms with Gasteiger partial charge in [-0.2, -0.15) is 0 Å². The average Bonchev–Trinajstić information content (AvgIpc) is 2.15. The minimum absolute atomic E-state index is 0.231. The Hall–Kier alpha value is -0.860. The molecule has 3 nitrogen and oxygen atoms in total. The lowest BCUT2D eigenvalue weighted by atomic mass is 10.1. The molecule has 0 saturated carbocycles. The van der Waals surface area contributed by atoms with Gasteiger partial charge in [0.05, 0.1) is 4.92 Å². The third kappa shape index (κ3) is 6.63. The number of unbranched alkanes of at least 4 members (excludes halogenated alkanes) is 4. The lowest BCUT2D eigenvalue weighted by molar-refractivity contribution is -0.428. The highest BCUT2D eigenvalue weighted by Gasteiger charge is 2.08. The molecule has 0 aromatic heterocycles. The fourth-order valence-electron chi connectivity index (χ4n) is 1.30. The smallest absolute Gasteiger partial charge is 0.242 e. The number of hydrogen-bond acceptors (Lipinski definition) is 2. The molecule has 82 valence electrons. The van der Waals surface area contributed by atoms with Crippen LogP contribution in [0.2, 0.25) is 0 Å². The van der Waals surface area contributed by atoms with Crippen LogP contribution in [0, 0.1) is 10.1 Å². The monoisotopic (exact) mass is 199 g/mol. The molecular formula is C11H21NO2. The van der Waals surface area contributed by atoms with E-state index in [9.17, 15) is 10.1 Å². The van der Waals surface area contributed by atoms with Crippen LogP contribution in [0.1, 0.15) is 58.8 Å². The molecule has 0 fully saturated rings. The fourth-order valence-corrected chi connectivity index (χ4v) is 1.30. The van der Waals surface area contributed by atoms with E-state index >= 15 is 0 Å². The van der Waals surface area contributed by atoms with Gasteiger partial charge in [0.25, 0.3) is 0 Å². The number of rotatable bonds is 8. The number of allylic oxidation sites excluding steroid dienone is 2. The summed E-state index contributed by atoms with van der Waals surface area (Å²) in [4.78, 5) is 10.4. The van der Waals surface area contributed by atoms with Gasteiger partial charge in [-0.25, -0.2) is 0 Å². The molecule has 0 bridgehead atoms. The van der Waals surface area contributed by atoms with Crippen LogP contribution in [0.5, 0.6) is 0 Å². The summed E-state index contributed by atoms with van der Waals surface area (Å²) < 4.78 is 0. The summed E-state index contributed by atoms with van der Waals surface area (Å²) >= 11 is 0. The second-order valence-corrected chi connectivity index (χ2v) is 3.55. The first-order valence-electron chi connectivity index (χ1n) is 5.55. The summed E-state index contributed by atoms with van der Waals surface area (Å²) in [5, 5.41) is 10.6. The van der Waals surface area contributed by atoms with Crippen molar-refractivity contribution < 1.29 is 4.92 Å². The topological polar surface area (TPSA) is 43.1 Å². The minimum atomic E-state index is -0.231. The van der Waals surface area contributed by atoms with E-state index in [1.807, 2.05) is 0 Å². The maximum absolute atomic E-state index is 10.6. The van der Waals surface area contributed by atoms with Gasteiger partial charge in [0.15, 0.2) is 0 Å². The van der Waals surface area contributed by atoms with Crippen molar-refractivity contribution in [2.45, 2.75) is 58.8 Å². The second kappa shape index (κ2) is 8.73. The lowest BCUT2D eigenvalue weighted by Gasteiger charge is -1.98.